The van der Waals surface area contributed by atoms with E-state index in [1.165, 1.54) is 0 Å². The van der Waals surface area contributed by atoms with Crippen LogP contribution in [0.5, 0.6) is 5.75 Å². The molecule has 1 aromatic carbocycles. The van der Waals surface area contributed by atoms with Crippen LogP contribution in [0.3, 0.4) is 0 Å². The molecule has 0 aromatic heterocycles. The van der Waals surface area contributed by atoms with Crippen LogP contribution in [-0.4, -0.2) is 6.61 Å². The van der Waals surface area contributed by atoms with Crippen molar-refractivity contribution >= 4 is 0 Å². The van der Waals surface area contributed by atoms with Gasteiger partial charge in [0.2, 0.25) is 0 Å². The number of benzene rings is 1. The van der Waals surface area contributed by atoms with Gasteiger partial charge in [0.25, 0.3) is 0 Å². The van der Waals surface area contributed by atoms with E-state index in [-0.39, 0.29) is 11.5 Å². The van der Waals surface area contributed by atoms with Gasteiger partial charge in [0, 0.05) is 17.9 Å². The van der Waals surface area contributed by atoms with E-state index < -0.39 is 0 Å². The zero-order valence-corrected chi connectivity index (χ0v) is 10.1. The van der Waals surface area contributed by atoms with Gasteiger partial charge in [0.05, 0.1) is 12.7 Å². The Kier molecular flexibility index (Phi) is 3.35. The maximum Gasteiger partial charge on any atom is 0.119 e. The number of nitrogens with two attached hydrogens (primary N) is 1. The van der Waals surface area contributed by atoms with E-state index in [4.69, 9.17) is 15.7 Å². The molecule has 0 heterocycles. The zero-order valence-electron chi connectivity index (χ0n) is 10.1. The van der Waals surface area contributed by atoms with Gasteiger partial charge < -0.3 is 10.5 Å². The van der Waals surface area contributed by atoms with E-state index in [0.717, 1.165) is 24.2 Å². The number of hydrogen-bond donors (Lipinski definition) is 1. The first kappa shape index (κ1) is 11.9. The first-order valence-electron chi connectivity index (χ1n) is 6.00. The second kappa shape index (κ2) is 4.77. The van der Waals surface area contributed by atoms with Crippen molar-refractivity contribution in [3.63, 3.8) is 0 Å². The Balaban J connectivity index is 1.90. The molecule has 1 fully saturated rings. The lowest BCUT2D eigenvalue weighted by Crippen LogP contribution is -2.12. The first-order chi connectivity index (χ1) is 8.15. The standard InChI is InChI=1S/C14H18N2O/c1-11(16)12-2-4-13(5-3-12)17-10-14(6-7-14)8-9-15/h2-5,11H,6-8,10,16H2,1H3/t11-/m0/s1. The van der Waals surface area contributed by atoms with Gasteiger partial charge in [-0.3, -0.25) is 0 Å². The van der Waals surface area contributed by atoms with Gasteiger partial charge in [-0.2, -0.15) is 5.26 Å². The molecule has 0 amide bonds. The molecule has 90 valence electrons. The fourth-order valence-electron chi connectivity index (χ4n) is 1.82. The Labute approximate surface area is 102 Å². The maximum absolute atomic E-state index is 8.72. The zero-order chi connectivity index (χ0) is 12.3. The van der Waals surface area contributed by atoms with Gasteiger partial charge in [-0.1, -0.05) is 12.1 Å². The van der Waals surface area contributed by atoms with E-state index in [1.807, 2.05) is 31.2 Å². The van der Waals surface area contributed by atoms with Crippen LogP contribution in [0, 0.1) is 16.7 Å². The summed E-state index contributed by atoms with van der Waals surface area (Å²) in [6, 6.07) is 10.2. The number of rotatable bonds is 5. The van der Waals surface area contributed by atoms with Crippen LogP contribution in [-0.2, 0) is 0 Å². The molecule has 3 nitrogen and oxygen atoms in total. The summed E-state index contributed by atoms with van der Waals surface area (Å²) in [5, 5.41) is 8.72. The molecule has 17 heavy (non-hydrogen) atoms. The highest BCUT2D eigenvalue weighted by atomic mass is 16.5. The highest BCUT2D eigenvalue weighted by Crippen LogP contribution is 2.48. The minimum atomic E-state index is 0.0532. The van der Waals surface area contributed by atoms with E-state index in [9.17, 15) is 0 Å². The van der Waals surface area contributed by atoms with Crippen molar-refractivity contribution in [1.82, 2.24) is 0 Å². The molecule has 1 aliphatic rings. The van der Waals surface area contributed by atoms with E-state index in [2.05, 4.69) is 6.07 Å². The summed E-state index contributed by atoms with van der Waals surface area (Å²) in [6.07, 6.45) is 2.82. The summed E-state index contributed by atoms with van der Waals surface area (Å²) in [5.41, 5.74) is 7.02. The quantitative estimate of drug-likeness (QED) is 0.846. The van der Waals surface area contributed by atoms with Gasteiger partial charge in [-0.15, -0.1) is 0 Å². The average molecular weight is 230 g/mol. The molecule has 0 saturated heterocycles. The molecule has 1 saturated carbocycles. The molecular formula is C14H18N2O. The first-order valence-corrected chi connectivity index (χ1v) is 6.00. The maximum atomic E-state index is 8.72. The molecular weight excluding hydrogens is 212 g/mol. The summed E-state index contributed by atoms with van der Waals surface area (Å²) >= 11 is 0. The topological polar surface area (TPSA) is 59.0 Å². The van der Waals surface area contributed by atoms with Crippen molar-refractivity contribution in [2.24, 2.45) is 11.1 Å². The molecule has 2 rings (SSSR count). The molecule has 3 heteroatoms. The lowest BCUT2D eigenvalue weighted by atomic mass is 10.1. The van der Waals surface area contributed by atoms with Crippen molar-refractivity contribution in [2.75, 3.05) is 6.61 Å². The monoisotopic (exact) mass is 230 g/mol. The molecule has 1 aliphatic carbocycles. The predicted octanol–water partition coefficient (Wildman–Crippen LogP) is 2.78. The highest BCUT2D eigenvalue weighted by Gasteiger charge is 2.43. The lowest BCUT2D eigenvalue weighted by molar-refractivity contribution is 0.237. The number of nitrogens with zero attached hydrogens (tertiary/aromatic N) is 1. The summed E-state index contributed by atoms with van der Waals surface area (Å²) in [5.74, 6) is 0.860. The van der Waals surface area contributed by atoms with Crippen LogP contribution in [0.2, 0.25) is 0 Å². The Bertz CT molecular complexity index is 413. The second-order valence-corrected chi connectivity index (χ2v) is 4.98. The van der Waals surface area contributed by atoms with Gasteiger partial charge in [-0.25, -0.2) is 0 Å². The Morgan fingerprint density at radius 3 is 2.53 bits per heavy atom. The Morgan fingerprint density at radius 1 is 1.41 bits per heavy atom. The smallest absolute Gasteiger partial charge is 0.119 e. The van der Waals surface area contributed by atoms with Gasteiger partial charge >= 0.3 is 0 Å². The van der Waals surface area contributed by atoms with Crippen molar-refractivity contribution in [3.8, 4) is 11.8 Å². The van der Waals surface area contributed by atoms with Gasteiger partial charge in [-0.05, 0) is 37.5 Å². The number of nitriles is 1. The molecule has 0 bridgehead atoms. The minimum Gasteiger partial charge on any atom is -0.493 e. The lowest BCUT2D eigenvalue weighted by Gasteiger charge is -2.13. The Morgan fingerprint density at radius 2 is 2.06 bits per heavy atom. The predicted molar refractivity (Wildman–Crippen MR) is 66.4 cm³/mol. The van der Waals surface area contributed by atoms with Crippen LogP contribution in [0.15, 0.2) is 24.3 Å². The fourth-order valence-corrected chi connectivity index (χ4v) is 1.82. The van der Waals surface area contributed by atoms with Crippen molar-refractivity contribution in [3.05, 3.63) is 29.8 Å². The summed E-state index contributed by atoms with van der Waals surface area (Å²) in [7, 11) is 0. The van der Waals surface area contributed by atoms with Crippen molar-refractivity contribution in [1.29, 1.82) is 5.26 Å². The van der Waals surface area contributed by atoms with E-state index in [0.29, 0.717) is 13.0 Å². The third-order valence-corrected chi connectivity index (χ3v) is 3.36. The van der Waals surface area contributed by atoms with Crippen LogP contribution in [0.1, 0.15) is 37.8 Å². The third kappa shape index (κ3) is 2.98. The summed E-state index contributed by atoms with van der Waals surface area (Å²) in [4.78, 5) is 0. The van der Waals surface area contributed by atoms with Crippen LogP contribution >= 0.6 is 0 Å². The SMILES string of the molecule is C[C@H](N)c1ccc(OCC2(CC#N)CC2)cc1. The van der Waals surface area contributed by atoms with Gasteiger partial charge in [0.1, 0.15) is 5.75 Å². The molecule has 0 spiro atoms. The molecule has 1 atom stereocenters. The van der Waals surface area contributed by atoms with Gasteiger partial charge in [0.15, 0.2) is 0 Å². The third-order valence-electron chi connectivity index (χ3n) is 3.36. The molecule has 0 aliphatic heterocycles. The minimum absolute atomic E-state index is 0.0532. The van der Waals surface area contributed by atoms with Crippen molar-refractivity contribution < 1.29 is 4.74 Å². The Hall–Kier alpha value is -1.53. The van der Waals surface area contributed by atoms with Crippen molar-refractivity contribution in [2.45, 2.75) is 32.2 Å². The number of hydrogen-bond acceptors (Lipinski definition) is 3. The average Bonchev–Trinajstić information content (AvgIpc) is 3.08. The van der Waals surface area contributed by atoms with E-state index in [1.54, 1.807) is 0 Å². The molecule has 0 radical (unpaired) electrons. The number of ether oxygens (including phenoxy) is 1. The molecule has 1 aromatic rings. The largest absolute Gasteiger partial charge is 0.493 e. The molecule has 0 unspecified atom stereocenters. The normalized spacial score (nSPS) is 18.2. The van der Waals surface area contributed by atoms with Crippen LogP contribution in [0.4, 0.5) is 0 Å². The fraction of sp³-hybridized carbons (Fsp3) is 0.500. The van der Waals surface area contributed by atoms with E-state index >= 15 is 0 Å². The highest BCUT2D eigenvalue weighted by molar-refractivity contribution is 5.28. The molecule has 2 N–H and O–H groups in total. The second-order valence-electron chi connectivity index (χ2n) is 4.98. The van der Waals surface area contributed by atoms with Crippen LogP contribution in [0.25, 0.3) is 0 Å². The summed E-state index contributed by atoms with van der Waals surface area (Å²) in [6.45, 7) is 2.61. The van der Waals surface area contributed by atoms with Crippen LogP contribution < -0.4 is 10.5 Å². The summed E-state index contributed by atoms with van der Waals surface area (Å²) < 4.78 is 5.73.